The summed E-state index contributed by atoms with van der Waals surface area (Å²) in [5, 5.41) is 0. The largest absolute Gasteiger partial charge is 0.341 e. The Balaban J connectivity index is 1.33. The molecule has 6 heteroatoms. The molecule has 2 aliphatic heterocycles. The van der Waals surface area contributed by atoms with Crippen LogP contribution in [0.1, 0.15) is 24.8 Å². The highest BCUT2D eigenvalue weighted by atomic mass is 16.2. The van der Waals surface area contributed by atoms with Crippen molar-refractivity contribution in [2.24, 2.45) is 5.92 Å². The van der Waals surface area contributed by atoms with E-state index >= 15 is 0 Å². The lowest BCUT2D eigenvalue weighted by atomic mass is 9.96. The van der Waals surface area contributed by atoms with Crippen molar-refractivity contribution in [3.05, 3.63) is 54.4 Å². The Hall–Kier alpha value is -2.47. The molecule has 2 aromatic rings. The molecule has 0 N–H and O–H groups in total. The quantitative estimate of drug-likeness (QED) is 0.817. The Morgan fingerprint density at radius 2 is 1.75 bits per heavy atom. The van der Waals surface area contributed by atoms with E-state index in [1.165, 1.54) is 5.56 Å². The average Bonchev–Trinajstić information content (AvgIpc) is 3.00. The van der Waals surface area contributed by atoms with Gasteiger partial charge in [-0.1, -0.05) is 30.3 Å². The third-order valence-corrected chi connectivity index (χ3v) is 5.75. The van der Waals surface area contributed by atoms with Crippen LogP contribution in [-0.4, -0.2) is 64.9 Å². The predicted octanol–water partition coefficient (Wildman–Crippen LogP) is 2.43. The van der Waals surface area contributed by atoms with Crippen LogP contribution < -0.4 is 4.90 Å². The van der Waals surface area contributed by atoms with E-state index in [4.69, 9.17) is 0 Å². The van der Waals surface area contributed by atoms with Gasteiger partial charge in [-0.2, -0.15) is 0 Å². The van der Waals surface area contributed by atoms with Crippen LogP contribution in [0.2, 0.25) is 0 Å². The van der Waals surface area contributed by atoms with E-state index in [0.717, 1.165) is 71.0 Å². The van der Waals surface area contributed by atoms with Crippen molar-refractivity contribution in [2.75, 3.05) is 44.2 Å². The maximum atomic E-state index is 13.2. The molecule has 2 aliphatic rings. The Kier molecular flexibility index (Phi) is 6.17. The second-order valence-corrected chi connectivity index (χ2v) is 7.77. The van der Waals surface area contributed by atoms with Gasteiger partial charge in [0.25, 0.3) is 0 Å². The number of nitrogens with zero attached hydrogens (tertiary/aromatic N) is 5. The highest BCUT2D eigenvalue weighted by molar-refractivity contribution is 5.79. The zero-order chi connectivity index (χ0) is 19.2. The number of carbonyl (C=O) groups is 1. The van der Waals surface area contributed by atoms with E-state index in [0.29, 0.717) is 5.91 Å². The monoisotopic (exact) mass is 379 g/mol. The molecule has 2 saturated heterocycles. The predicted molar refractivity (Wildman–Crippen MR) is 110 cm³/mol. The smallest absolute Gasteiger partial charge is 0.227 e. The molecular formula is C22H29N5O. The van der Waals surface area contributed by atoms with Crippen LogP contribution >= 0.6 is 0 Å². The van der Waals surface area contributed by atoms with E-state index in [1.54, 1.807) is 12.4 Å². The van der Waals surface area contributed by atoms with Gasteiger partial charge in [0.1, 0.15) is 0 Å². The first-order valence-corrected chi connectivity index (χ1v) is 10.4. The number of benzene rings is 1. The van der Waals surface area contributed by atoms with Crippen molar-refractivity contribution < 1.29 is 4.79 Å². The molecule has 1 aromatic heterocycles. The SMILES string of the molecule is O=C(C1CCCN(c2ncccn2)C1)N1CCCN(Cc2ccccc2)CC1. The summed E-state index contributed by atoms with van der Waals surface area (Å²) in [4.78, 5) is 28.6. The first kappa shape index (κ1) is 18.9. The summed E-state index contributed by atoms with van der Waals surface area (Å²) in [6.07, 6.45) is 6.56. The van der Waals surface area contributed by atoms with Gasteiger partial charge in [0.05, 0.1) is 5.92 Å². The van der Waals surface area contributed by atoms with E-state index in [2.05, 4.69) is 55.0 Å². The fraction of sp³-hybridized carbons (Fsp3) is 0.500. The van der Waals surface area contributed by atoms with Crippen molar-refractivity contribution in [1.29, 1.82) is 0 Å². The number of hydrogen-bond donors (Lipinski definition) is 0. The van der Waals surface area contributed by atoms with Gasteiger partial charge >= 0.3 is 0 Å². The number of aromatic nitrogens is 2. The molecule has 6 nitrogen and oxygen atoms in total. The van der Waals surface area contributed by atoms with Crippen molar-refractivity contribution in [2.45, 2.75) is 25.8 Å². The van der Waals surface area contributed by atoms with Crippen LogP contribution in [-0.2, 0) is 11.3 Å². The minimum Gasteiger partial charge on any atom is -0.341 e. The van der Waals surface area contributed by atoms with E-state index in [-0.39, 0.29) is 5.92 Å². The van der Waals surface area contributed by atoms with Gasteiger partial charge in [0.15, 0.2) is 0 Å². The van der Waals surface area contributed by atoms with Gasteiger partial charge < -0.3 is 9.80 Å². The van der Waals surface area contributed by atoms with E-state index in [1.807, 2.05) is 6.07 Å². The molecule has 0 radical (unpaired) electrons. The lowest BCUT2D eigenvalue weighted by molar-refractivity contribution is -0.135. The van der Waals surface area contributed by atoms with Crippen LogP contribution in [0, 0.1) is 5.92 Å². The summed E-state index contributed by atoms with van der Waals surface area (Å²) in [6, 6.07) is 12.4. The summed E-state index contributed by atoms with van der Waals surface area (Å²) in [6.45, 7) is 6.30. The van der Waals surface area contributed by atoms with Gasteiger partial charge in [-0.15, -0.1) is 0 Å². The number of hydrogen-bond acceptors (Lipinski definition) is 5. The van der Waals surface area contributed by atoms with Gasteiger partial charge in [0, 0.05) is 58.2 Å². The number of piperidine rings is 1. The van der Waals surface area contributed by atoms with E-state index in [9.17, 15) is 4.79 Å². The fourth-order valence-electron chi connectivity index (χ4n) is 4.26. The summed E-state index contributed by atoms with van der Waals surface area (Å²) in [5.74, 6) is 1.10. The lowest BCUT2D eigenvalue weighted by Gasteiger charge is -2.34. The van der Waals surface area contributed by atoms with Gasteiger partial charge in [0.2, 0.25) is 11.9 Å². The third-order valence-electron chi connectivity index (χ3n) is 5.75. The van der Waals surface area contributed by atoms with Gasteiger partial charge in [-0.05, 0) is 30.9 Å². The van der Waals surface area contributed by atoms with Crippen molar-refractivity contribution in [3.63, 3.8) is 0 Å². The van der Waals surface area contributed by atoms with Crippen LogP contribution in [0.15, 0.2) is 48.8 Å². The molecule has 1 atom stereocenters. The maximum absolute atomic E-state index is 13.2. The maximum Gasteiger partial charge on any atom is 0.227 e. The molecule has 3 heterocycles. The zero-order valence-electron chi connectivity index (χ0n) is 16.4. The molecule has 0 spiro atoms. The van der Waals surface area contributed by atoms with Crippen LogP contribution in [0.4, 0.5) is 5.95 Å². The Bertz CT molecular complexity index is 754. The number of rotatable bonds is 4. The van der Waals surface area contributed by atoms with E-state index < -0.39 is 0 Å². The molecule has 148 valence electrons. The molecular weight excluding hydrogens is 350 g/mol. The molecule has 0 saturated carbocycles. The second kappa shape index (κ2) is 9.15. The normalized spacial score (nSPS) is 21.4. The molecule has 0 bridgehead atoms. The van der Waals surface area contributed by atoms with Crippen molar-refractivity contribution >= 4 is 11.9 Å². The Morgan fingerprint density at radius 1 is 0.929 bits per heavy atom. The molecule has 28 heavy (non-hydrogen) atoms. The molecule has 1 amide bonds. The molecule has 1 aromatic carbocycles. The van der Waals surface area contributed by atoms with Gasteiger partial charge in [-0.25, -0.2) is 9.97 Å². The van der Waals surface area contributed by atoms with Crippen molar-refractivity contribution in [3.8, 4) is 0 Å². The highest BCUT2D eigenvalue weighted by Crippen LogP contribution is 2.22. The minimum absolute atomic E-state index is 0.0539. The summed E-state index contributed by atoms with van der Waals surface area (Å²) in [5.41, 5.74) is 1.34. The minimum atomic E-state index is 0.0539. The van der Waals surface area contributed by atoms with Crippen LogP contribution in [0.5, 0.6) is 0 Å². The number of carbonyl (C=O) groups excluding carboxylic acids is 1. The molecule has 2 fully saturated rings. The fourth-order valence-corrected chi connectivity index (χ4v) is 4.26. The summed E-state index contributed by atoms with van der Waals surface area (Å²) < 4.78 is 0. The van der Waals surface area contributed by atoms with Crippen LogP contribution in [0.25, 0.3) is 0 Å². The lowest BCUT2D eigenvalue weighted by Crippen LogP contribution is -2.46. The first-order chi connectivity index (χ1) is 13.8. The third kappa shape index (κ3) is 4.68. The number of anilines is 1. The second-order valence-electron chi connectivity index (χ2n) is 7.77. The van der Waals surface area contributed by atoms with Crippen molar-refractivity contribution in [1.82, 2.24) is 19.8 Å². The zero-order valence-corrected chi connectivity index (χ0v) is 16.4. The van der Waals surface area contributed by atoms with Gasteiger partial charge in [-0.3, -0.25) is 9.69 Å². The number of amides is 1. The summed E-state index contributed by atoms with van der Waals surface area (Å²) in [7, 11) is 0. The molecule has 0 aliphatic carbocycles. The standard InChI is InChI=1S/C22H29N5O/c28-21(20-9-4-13-27(18-20)22-23-10-5-11-24-22)26-14-6-12-25(15-16-26)17-19-7-2-1-3-8-19/h1-3,5,7-8,10-11,20H,4,6,9,12-18H2. The van der Waals surface area contributed by atoms with Crippen LogP contribution in [0.3, 0.4) is 0 Å². The molecule has 1 unspecified atom stereocenters. The topological polar surface area (TPSA) is 52.6 Å². The highest BCUT2D eigenvalue weighted by Gasteiger charge is 2.31. The Labute approximate surface area is 167 Å². The average molecular weight is 380 g/mol. The summed E-state index contributed by atoms with van der Waals surface area (Å²) >= 11 is 0. The molecule has 4 rings (SSSR count). The Morgan fingerprint density at radius 3 is 2.57 bits per heavy atom. The first-order valence-electron chi connectivity index (χ1n) is 10.4.